The maximum absolute atomic E-state index is 9.04. The van der Waals surface area contributed by atoms with Gasteiger partial charge in [-0.1, -0.05) is 51.0 Å². The molecule has 1 heteroatoms. The van der Waals surface area contributed by atoms with E-state index in [-0.39, 0.29) is 6.61 Å². The van der Waals surface area contributed by atoms with Crippen LogP contribution in [0, 0.1) is 22.7 Å². The fourth-order valence-electron chi connectivity index (χ4n) is 5.44. The highest BCUT2D eigenvalue weighted by Gasteiger charge is 2.52. The number of aliphatic hydroxyl groups excluding tert-OH is 1. The monoisotopic (exact) mass is 290 g/mol. The predicted octanol–water partition coefficient (Wildman–Crippen LogP) is 5.50. The second-order valence-corrected chi connectivity index (χ2v) is 8.42. The van der Waals surface area contributed by atoms with Crippen LogP contribution in [0.5, 0.6) is 0 Å². The summed E-state index contributed by atoms with van der Waals surface area (Å²) in [5, 5.41) is 9.04. The molecule has 2 rings (SSSR count). The van der Waals surface area contributed by atoms with Gasteiger partial charge in [0.2, 0.25) is 0 Å². The van der Waals surface area contributed by atoms with Crippen LogP contribution >= 0.6 is 0 Å². The van der Waals surface area contributed by atoms with Crippen molar-refractivity contribution in [3.63, 3.8) is 0 Å². The summed E-state index contributed by atoms with van der Waals surface area (Å²) in [6.45, 7) is 14.3. The van der Waals surface area contributed by atoms with Gasteiger partial charge in [0.1, 0.15) is 0 Å². The van der Waals surface area contributed by atoms with Gasteiger partial charge in [0.05, 0.1) is 6.61 Å². The van der Waals surface area contributed by atoms with E-state index in [0.29, 0.717) is 16.7 Å². The highest BCUT2D eigenvalue weighted by Crippen LogP contribution is 2.61. The molecule has 0 aromatic heterocycles. The van der Waals surface area contributed by atoms with Crippen molar-refractivity contribution >= 4 is 0 Å². The summed E-state index contributed by atoms with van der Waals surface area (Å²) >= 11 is 0. The normalized spacial score (nSPS) is 36.4. The van der Waals surface area contributed by atoms with Crippen LogP contribution in [0.3, 0.4) is 0 Å². The van der Waals surface area contributed by atoms with Crippen molar-refractivity contribution in [1.29, 1.82) is 0 Å². The number of allylic oxidation sites excluding steroid dienone is 2. The number of rotatable bonds is 4. The Bertz CT molecular complexity index is 418. The maximum Gasteiger partial charge on any atom is 0.0614 e. The minimum atomic E-state index is 0.171. The molecule has 3 atom stereocenters. The maximum atomic E-state index is 9.04. The van der Waals surface area contributed by atoms with E-state index >= 15 is 0 Å². The minimum absolute atomic E-state index is 0.171. The Balaban J connectivity index is 2.17. The standard InChI is InChI=1S/C20H34O/c1-15(11-14-21)7-9-17-16(2)8-10-18-19(3,4)12-6-13-20(17,18)5/h11,17-18,21H,2,6-10,12-14H2,1,3-5H3/b15-11+. The number of hydrogen-bond acceptors (Lipinski definition) is 1. The predicted molar refractivity (Wildman–Crippen MR) is 91.2 cm³/mol. The second kappa shape index (κ2) is 6.28. The first kappa shape index (κ1) is 16.8. The highest BCUT2D eigenvalue weighted by molar-refractivity contribution is 5.16. The molecule has 2 saturated carbocycles. The first-order valence-electron chi connectivity index (χ1n) is 8.75. The molecule has 1 N–H and O–H groups in total. The fraction of sp³-hybridized carbons (Fsp3) is 0.800. The molecule has 2 aliphatic rings. The Kier molecular flexibility index (Phi) is 5.03. The van der Waals surface area contributed by atoms with Crippen molar-refractivity contribution in [3.05, 3.63) is 23.8 Å². The molecule has 0 spiro atoms. The number of fused-ring (bicyclic) bond motifs is 1. The van der Waals surface area contributed by atoms with Crippen molar-refractivity contribution in [3.8, 4) is 0 Å². The quantitative estimate of drug-likeness (QED) is 0.677. The molecule has 0 aromatic rings. The fourth-order valence-corrected chi connectivity index (χ4v) is 5.44. The van der Waals surface area contributed by atoms with Crippen molar-refractivity contribution in [2.45, 2.75) is 72.6 Å². The average molecular weight is 290 g/mol. The molecule has 0 aliphatic heterocycles. The molecule has 2 fully saturated rings. The molecular weight excluding hydrogens is 256 g/mol. The van der Waals surface area contributed by atoms with Gasteiger partial charge in [-0.25, -0.2) is 0 Å². The van der Waals surface area contributed by atoms with Gasteiger partial charge in [-0.3, -0.25) is 0 Å². The number of aliphatic hydroxyl groups is 1. The molecule has 0 radical (unpaired) electrons. The van der Waals surface area contributed by atoms with E-state index in [4.69, 9.17) is 5.11 Å². The summed E-state index contributed by atoms with van der Waals surface area (Å²) in [6.07, 6.45) is 11.0. The third kappa shape index (κ3) is 3.28. The lowest BCUT2D eigenvalue weighted by Crippen LogP contribution is -2.49. The van der Waals surface area contributed by atoms with E-state index in [1.54, 1.807) is 0 Å². The first-order valence-corrected chi connectivity index (χ1v) is 8.75. The molecule has 0 saturated heterocycles. The molecule has 2 aliphatic carbocycles. The van der Waals surface area contributed by atoms with E-state index in [2.05, 4.69) is 34.3 Å². The first-order chi connectivity index (χ1) is 9.81. The lowest BCUT2D eigenvalue weighted by molar-refractivity contribution is -0.0539. The molecule has 3 unspecified atom stereocenters. The molecule has 21 heavy (non-hydrogen) atoms. The zero-order valence-electron chi connectivity index (χ0n) is 14.5. The zero-order valence-corrected chi connectivity index (χ0v) is 14.5. The molecule has 0 amide bonds. The smallest absolute Gasteiger partial charge is 0.0614 e. The van der Waals surface area contributed by atoms with E-state index in [9.17, 15) is 0 Å². The van der Waals surface area contributed by atoms with Gasteiger partial charge in [0, 0.05) is 0 Å². The van der Waals surface area contributed by atoms with Crippen LogP contribution in [0.25, 0.3) is 0 Å². The van der Waals surface area contributed by atoms with Gasteiger partial charge in [-0.15, -0.1) is 0 Å². The third-order valence-corrected chi connectivity index (χ3v) is 6.59. The zero-order chi connectivity index (χ0) is 15.7. The molecule has 0 bridgehead atoms. The Morgan fingerprint density at radius 2 is 2.05 bits per heavy atom. The van der Waals surface area contributed by atoms with Gasteiger partial charge >= 0.3 is 0 Å². The summed E-state index contributed by atoms with van der Waals surface area (Å²) in [7, 11) is 0. The van der Waals surface area contributed by atoms with Crippen molar-refractivity contribution in [2.24, 2.45) is 22.7 Å². The van der Waals surface area contributed by atoms with Crippen molar-refractivity contribution < 1.29 is 5.11 Å². The van der Waals surface area contributed by atoms with E-state index in [1.807, 2.05) is 6.08 Å². The van der Waals surface area contributed by atoms with E-state index in [0.717, 1.165) is 12.3 Å². The largest absolute Gasteiger partial charge is 0.392 e. The van der Waals surface area contributed by atoms with Crippen LogP contribution in [0.15, 0.2) is 23.8 Å². The highest BCUT2D eigenvalue weighted by atomic mass is 16.2. The van der Waals surface area contributed by atoms with Gasteiger partial charge in [-0.2, -0.15) is 0 Å². The second-order valence-electron chi connectivity index (χ2n) is 8.42. The van der Waals surface area contributed by atoms with E-state index < -0.39 is 0 Å². The Labute approximate surface area is 131 Å². The summed E-state index contributed by atoms with van der Waals surface area (Å²) in [5.41, 5.74) is 3.74. The lowest BCUT2D eigenvalue weighted by atomic mass is 9.47. The van der Waals surface area contributed by atoms with Gasteiger partial charge in [0.25, 0.3) is 0 Å². The summed E-state index contributed by atoms with van der Waals surface area (Å²) in [6, 6.07) is 0. The third-order valence-electron chi connectivity index (χ3n) is 6.59. The minimum Gasteiger partial charge on any atom is -0.392 e. The van der Waals surface area contributed by atoms with Gasteiger partial charge in [-0.05, 0) is 68.1 Å². The van der Waals surface area contributed by atoms with Gasteiger partial charge < -0.3 is 5.11 Å². The Hall–Kier alpha value is -0.560. The van der Waals surface area contributed by atoms with Gasteiger partial charge in [0.15, 0.2) is 0 Å². The van der Waals surface area contributed by atoms with Crippen LogP contribution in [-0.2, 0) is 0 Å². The summed E-state index contributed by atoms with van der Waals surface area (Å²) in [5.74, 6) is 1.51. The number of hydrogen-bond donors (Lipinski definition) is 1. The average Bonchev–Trinajstić information content (AvgIpc) is 2.37. The van der Waals surface area contributed by atoms with Crippen LogP contribution in [0.1, 0.15) is 72.6 Å². The van der Waals surface area contributed by atoms with E-state index in [1.165, 1.54) is 49.7 Å². The van der Waals surface area contributed by atoms with Crippen molar-refractivity contribution in [1.82, 2.24) is 0 Å². The molecule has 1 nitrogen and oxygen atoms in total. The summed E-state index contributed by atoms with van der Waals surface area (Å²) < 4.78 is 0. The molecular formula is C20H34O. The molecule has 120 valence electrons. The van der Waals surface area contributed by atoms with Crippen LogP contribution in [0.4, 0.5) is 0 Å². The summed E-state index contributed by atoms with van der Waals surface area (Å²) in [4.78, 5) is 0. The van der Waals surface area contributed by atoms with Crippen LogP contribution in [-0.4, -0.2) is 11.7 Å². The molecule has 0 aromatic carbocycles. The van der Waals surface area contributed by atoms with Crippen LogP contribution in [0.2, 0.25) is 0 Å². The lowest BCUT2D eigenvalue weighted by Gasteiger charge is -2.58. The SMILES string of the molecule is C=C1CCC2C(C)(C)CCCC2(C)C1CC/C(C)=C/CO. The molecule has 0 heterocycles. The van der Waals surface area contributed by atoms with Crippen LogP contribution < -0.4 is 0 Å². The Morgan fingerprint density at radius 1 is 1.33 bits per heavy atom. The topological polar surface area (TPSA) is 20.2 Å². The van der Waals surface area contributed by atoms with Crippen molar-refractivity contribution in [2.75, 3.05) is 6.61 Å². The Morgan fingerprint density at radius 3 is 2.71 bits per heavy atom.